The molecule has 0 bridgehead atoms. The highest BCUT2D eigenvalue weighted by atomic mass is 19.4. The van der Waals surface area contributed by atoms with Crippen molar-refractivity contribution in [2.45, 2.75) is 91.4 Å². The summed E-state index contributed by atoms with van der Waals surface area (Å²) in [5.41, 5.74) is -2.91. The van der Waals surface area contributed by atoms with Crippen LogP contribution in [0.3, 0.4) is 0 Å². The Morgan fingerprint density at radius 1 is 0.778 bits per heavy atom. The number of hydrogen-bond donors (Lipinski definition) is 0. The van der Waals surface area contributed by atoms with Crippen molar-refractivity contribution in [3.63, 3.8) is 0 Å². The fraction of sp³-hybridized carbons (Fsp3) is 0.405. The van der Waals surface area contributed by atoms with Gasteiger partial charge in [-0.2, -0.15) is 26.3 Å². The zero-order valence-corrected chi connectivity index (χ0v) is 26.9. The molecule has 0 spiro atoms. The predicted octanol–water partition coefficient (Wildman–Crippen LogP) is 12.5. The third kappa shape index (κ3) is 10.4. The number of alkyl halides is 6. The normalized spacial score (nSPS) is 13.3. The van der Waals surface area contributed by atoms with Gasteiger partial charge in [0.1, 0.15) is 17.2 Å². The van der Waals surface area contributed by atoms with Crippen LogP contribution in [0.1, 0.15) is 77.0 Å². The van der Waals surface area contributed by atoms with Crippen LogP contribution >= 0.6 is 0 Å². The van der Waals surface area contributed by atoms with E-state index in [1.165, 1.54) is 42.5 Å². The number of benzene rings is 3. The molecule has 45 heavy (non-hydrogen) atoms. The third-order valence-electron chi connectivity index (χ3n) is 7.61. The average molecular weight is 635 g/mol. The second-order valence-corrected chi connectivity index (χ2v) is 10.9. The van der Waals surface area contributed by atoms with Gasteiger partial charge in [-0.3, -0.25) is 0 Å². The largest absolute Gasteiger partial charge is 0.465 e. The maximum absolute atomic E-state index is 14.4. The summed E-state index contributed by atoms with van der Waals surface area (Å²) in [5.74, 6) is 1.33. The maximum atomic E-state index is 14.4. The average Bonchev–Trinajstić information content (AvgIpc) is 3.00. The highest BCUT2D eigenvalue weighted by molar-refractivity contribution is 5.40. The summed E-state index contributed by atoms with van der Waals surface area (Å²) in [4.78, 5) is 0. The van der Waals surface area contributed by atoms with Crippen molar-refractivity contribution < 1.29 is 35.8 Å². The van der Waals surface area contributed by atoms with E-state index in [9.17, 15) is 26.3 Å². The van der Waals surface area contributed by atoms with Gasteiger partial charge < -0.3 is 9.47 Å². The van der Waals surface area contributed by atoms with Crippen molar-refractivity contribution in [3.8, 4) is 17.2 Å². The number of aryl methyl sites for hydroxylation is 1. The minimum atomic E-state index is -5.62. The summed E-state index contributed by atoms with van der Waals surface area (Å²) in [6.07, 6.45) is -3.10. The summed E-state index contributed by atoms with van der Waals surface area (Å²) in [5, 5.41) is 0. The summed E-state index contributed by atoms with van der Waals surface area (Å²) in [6.45, 7) is 12.3. The molecule has 3 aromatic carbocycles. The highest BCUT2D eigenvalue weighted by Crippen LogP contribution is 2.54. The number of hydrogen-bond acceptors (Lipinski definition) is 2. The fourth-order valence-corrected chi connectivity index (χ4v) is 4.71. The maximum Gasteiger partial charge on any atom is 0.407 e. The number of rotatable bonds is 13. The monoisotopic (exact) mass is 634 g/mol. The molecule has 0 saturated carbocycles. The smallest absolute Gasteiger partial charge is 0.407 e. The van der Waals surface area contributed by atoms with Gasteiger partial charge >= 0.3 is 12.4 Å². The van der Waals surface area contributed by atoms with Crippen molar-refractivity contribution in [1.29, 1.82) is 0 Å². The van der Waals surface area contributed by atoms with Gasteiger partial charge in [-0.25, -0.2) is 0 Å². The Bertz CT molecular complexity index is 1320. The summed E-state index contributed by atoms with van der Waals surface area (Å²) < 4.78 is 97.7. The molecule has 0 fully saturated rings. The van der Waals surface area contributed by atoms with Gasteiger partial charge in [-0.1, -0.05) is 94.1 Å². The third-order valence-corrected chi connectivity index (χ3v) is 7.61. The molecule has 8 heteroatoms. The Balaban J connectivity index is 0.00000345. The number of unbranched alkanes of at least 4 members (excludes halogenated alkanes) is 1. The Kier molecular flexibility index (Phi) is 14.3. The molecule has 1 unspecified atom stereocenters. The lowest BCUT2D eigenvalue weighted by Crippen LogP contribution is -2.55. The van der Waals surface area contributed by atoms with Crippen LogP contribution in [0.25, 0.3) is 0 Å². The van der Waals surface area contributed by atoms with E-state index in [1.807, 2.05) is 20.8 Å². The molecule has 0 amide bonds. The van der Waals surface area contributed by atoms with Gasteiger partial charge in [0.2, 0.25) is 0 Å². The van der Waals surface area contributed by atoms with E-state index in [2.05, 4.69) is 26.8 Å². The molecular weight excluding hydrogens is 590 g/mol. The van der Waals surface area contributed by atoms with E-state index >= 15 is 0 Å². The first-order chi connectivity index (χ1) is 21.3. The van der Waals surface area contributed by atoms with Crippen molar-refractivity contribution in [2.75, 3.05) is 0 Å². The van der Waals surface area contributed by atoms with E-state index in [1.54, 1.807) is 30.3 Å². The summed E-state index contributed by atoms with van der Waals surface area (Å²) >= 11 is 0. The van der Waals surface area contributed by atoms with E-state index in [0.717, 1.165) is 42.7 Å². The molecule has 3 rings (SSSR count). The predicted molar refractivity (Wildman–Crippen MR) is 170 cm³/mol. The molecule has 246 valence electrons. The van der Waals surface area contributed by atoms with Crippen molar-refractivity contribution in [2.24, 2.45) is 5.92 Å². The Hall–Kier alpha value is -3.68. The molecule has 0 aliphatic carbocycles. The van der Waals surface area contributed by atoms with Crippen LogP contribution in [-0.4, -0.2) is 12.4 Å². The van der Waals surface area contributed by atoms with Gasteiger partial charge in [0, 0.05) is 0 Å². The van der Waals surface area contributed by atoms with Gasteiger partial charge in [0.25, 0.3) is 0 Å². The molecule has 0 aromatic heterocycles. The number of ether oxygens (including phenoxy) is 2. The second kappa shape index (κ2) is 17.1. The Labute approximate surface area is 263 Å². The minimum Gasteiger partial charge on any atom is -0.465 e. The Morgan fingerprint density at radius 2 is 1.29 bits per heavy atom. The standard InChI is InChI=1S/C35H38F6O2.C2H6/c1-5-6-9-26(3)27(4)10-7-8-23-42-30-19-13-28(14-20-30)24-33(34(36,37)38,35(39,40)41)29-15-21-32(22-16-29)43-31-17-11-25(2)12-18-31;1-2/h8,10-23,26H,5-7,9,24H2,1-4H3;1-2H3/b23-8+,27-10-;. The van der Waals surface area contributed by atoms with Crippen LogP contribution < -0.4 is 9.47 Å². The topological polar surface area (TPSA) is 18.5 Å². The van der Waals surface area contributed by atoms with Gasteiger partial charge in [0.15, 0.2) is 5.41 Å². The zero-order valence-electron chi connectivity index (χ0n) is 26.9. The molecule has 3 aromatic rings. The fourth-order valence-electron chi connectivity index (χ4n) is 4.71. The quantitative estimate of drug-likeness (QED) is 0.106. The van der Waals surface area contributed by atoms with Crippen LogP contribution in [0, 0.1) is 12.8 Å². The molecule has 0 aliphatic heterocycles. The van der Waals surface area contributed by atoms with E-state index in [0.29, 0.717) is 23.8 Å². The number of allylic oxidation sites excluding steroid dienone is 3. The highest BCUT2D eigenvalue weighted by Gasteiger charge is 2.71. The van der Waals surface area contributed by atoms with Gasteiger partial charge in [-0.15, -0.1) is 0 Å². The molecule has 0 N–H and O–H groups in total. The second-order valence-electron chi connectivity index (χ2n) is 10.9. The summed E-state index contributed by atoms with van der Waals surface area (Å²) in [6, 6.07) is 16.0. The van der Waals surface area contributed by atoms with Crippen molar-refractivity contribution in [1.82, 2.24) is 0 Å². The molecule has 0 saturated heterocycles. The van der Waals surface area contributed by atoms with Gasteiger partial charge in [0.05, 0.1) is 6.26 Å². The van der Waals surface area contributed by atoms with Crippen molar-refractivity contribution >= 4 is 0 Å². The van der Waals surface area contributed by atoms with E-state index in [-0.39, 0.29) is 11.3 Å². The van der Waals surface area contributed by atoms with Gasteiger partial charge in [-0.05, 0) is 92.6 Å². The molecule has 0 aliphatic rings. The molecule has 0 heterocycles. The first-order valence-corrected chi connectivity index (χ1v) is 15.3. The Morgan fingerprint density at radius 3 is 1.80 bits per heavy atom. The van der Waals surface area contributed by atoms with Crippen LogP contribution in [-0.2, 0) is 11.8 Å². The molecule has 0 radical (unpaired) electrons. The van der Waals surface area contributed by atoms with Crippen LogP contribution in [0.4, 0.5) is 26.3 Å². The lowest BCUT2D eigenvalue weighted by Gasteiger charge is -2.38. The first-order valence-electron chi connectivity index (χ1n) is 15.3. The SMILES string of the molecule is CC.CCCCC(C)/C(C)=C\C/C=C/Oc1ccc(CC(c2ccc(Oc3ccc(C)cc3)cc2)(C(F)(F)F)C(F)(F)F)cc1. The lowest BCUT2D eigenvalue weighted by molar-refractivity contribution is -0.303. The molecule has 2 nitrogen and oxygen atoms in total. The lowest BCUT2D eigenvalue weighted by atomic mass is 9.74. The molecular formula is C37H44F6O2. The minimum absolute atomic E-state index is 0.122. The number of halogens is 6. The van der Waals surface area contributed by atoms with E-state index in [4.69, 9.17) is 9.47 Å². The summed E-state index contributed by atoms with van der Waals surface area (Å²) in [7, 11) is 0. The first kappa shape index (κ1) is 37.5. The van der Waals surface area contributed by atoms with Crippen LogP contribution in [0.2, 0.25) is 0 Å². The van der Waals surface area contributed by atoms with E-state index < -0.39 is 29.8 Å². The zero-order chi connectivity index (χ0) is 33.7. The van der Waals surface area contributed by atoms with Crippen molar-refractivity contribution in [3.05, 3.63) is 113 Å². The molecule has 1 atom stereocenters. The van der Waals surface area contributed by atoms with Crippen LogP contribution in [0.15, 0.2) is 96.8 Å². The van der Waals surface area contributed by atoms with Crippen LogP contribution in [0.5, 0.6) is 17.2 Å².